The van der Waals surface area contributed by atoms with Gasteiger partial charge in [-0.05, 0) is 19.3 Å². The fourth-order valence-corrected chi connectivity index (χ4v) is 4.53. The van der Waals surface area contributed by atoms with E-state index in [0.29, 0.717) is 31.0 Å². The Morgan fingerprint density at radius 3 is 2.69 bits per heavy atom. The van der Waals surface area contributed by atoms with E-state index in [1.54, 1.807) is 12.4 Å². The molecule has 4 aliphatic rings. The molecule has 12 heteroatoms. The zero-order valence-corrected chi connectivity index (χ0v) is 15.2. The molecule has 2 N–H and O–H groups in total. The maximum atomic E-state index is 12.1. The molecule has 2 bridgehead atoms. The highest BCUT2D eigenvalue weighted by atomic mass is 19.4. The summed E-state index contributed by atoms with van der Waals surface area (Å²) in [5.41, 5.74) is 0.236. The Bertz CT molecular complexity index is 887. The minimum Gasteiger partial charge on any atom is -0.420 e. The first-order valence-electron chi connectivity index (χ1n) is 9.25. The van der Waals surface area contributed by atoms with Crippen LogP contribution in [0.4, 0.5) is 13.2 Å². The number of ether oxygens (including phenoxy) is 2. The van der Waals surface area contributed by atoms with Crippen LogP contribution in [0.2, 0.25) is 0 Å². The molecule has 0 saturated heterocycles. The number of halogens is 3. The normalized spacial score (nSPS) is 32.8. The van der Waals surface area contributed by atoms with Crippen LogP contribution in [0.1, 0.15) is 38.0 Å². The highest BCUT2D eigenvalue weighted by Crippen LogP contribution is 2.67. The molecule has 156 valence electrons. The molecule has 0 aliphatic heterocycles. The molecule has 6 rings (SSSR count). The molecule has 0 radical (unpaired) electrons. The Hall–Kier alpha value is -2.47. The Labute approximate surface area is 162 Å². The average Bonchev–Trinajstić information content (AvgIpc) is 3.20. The van der Waals surface area contributed by atoms with Crippen LogP contribution < -0.4 is 5.32 Å². The van der Waals surface area contributed by atoms with Crippen LogP contribution in [0.15, 0.2) is 16.8 Å². The molecule has 4 fully saturated rings. The van der Waals surface area contributed by atoms with Crippen molar-refractivity contribution in [3.63, 3.8) is 0 Å². The SMILES string of the molecule is O=C(CO[C@H]1C[C@@H](OC(F)(F)F)C1)NC12CC(c3nnc(-c4cn[nH]c4)o3)(C1)C2. The molecule has 4 saturated carbocycles. The van der Waals surface area contributed by atoms with Gasteiger partial charge in [0.1, 0.15) is 6.61 Å². The molecule has 0 atom stereocenters. The van der Waals surface area contributed by atoms with Crippen molar-refractivity contribution in [3.05, 3.63) is 18.3 Å². The van der Waals surface area contributed by atoms with E-state index in [0.717, 1.165) is 5.56 Å². The van der Waals surface area contributed by atoms with E-state index < -0.39 is 12.5 Å². The number of nitrogens with one attached hydrogen (secondary N) is 2. The van der Waals surface area contributed by atoms with Crippen LogP contribution in [0.3, 0.4) is 0 Å². The number of hydrogen-bond acceptors (Lipinski definition) is 7. The van der Waals surface area contributed by atoms with Crippen LogP contribution in [-0.4, -0.2) is 57.0 Å². The molecule has 9 nitrogen and oxygen atoms in total. The van der Waals surface area contributed by atoms with Crippen LogP contribution in [0.25, 0.3) is 11.5 Å². The fraction of sp³-hybridized carbons (Fsp3) is 0.647. The number of H-pyrrole nitrogens is 1. The van der Waals surface area contributed by atoms with Gasteiger partial charge in [0.2, 0.25) is 11.8 Å². The van der Waals surface area contributed by atoms with E-state index >= 15 is 0 Å². The van der Waals surface area contributed by atoms with Gasteiger partial charge in [-0.1, -0.05) is 0 Å². The Kier molecular flexibility index (Phi) is 4.01. The standard InChI is InChI=1S/C17H18F3N5O4/c18-17(19,20)29-11-1-10(2-11)27-5-12(26)23-16-6-15(7-16,8-16)14-25-24-13(28-14)9-3-21-22-4-9/h3-4,10-11H,1-2,5-8H2,(H,21,22)(H,23,26)/t10-,11+,15?,16?. The second kappa shape index (κ2) is 6.26. The first-order valence-corrected chi connectivity index (χ1v) is 9.25. The summed E-state index contributed by atoms with van der Waals surface area (Å²) in [6.45, 7) is -0.177. The van der Waals surface area contributed by atoms with Crippen LogP contribution in [-0.2, 0) is 19.7 Å². The third-order valence-electron chi connectivity index (χ3n) is 5.86. The number of hydrogen-bond donors (Lipinski definition) is 2. The number of amides is 1. The molecule has 0 aromatic carbocycles. The Morgan fingerprint density at radius 2 is 2.03 bits per heavy atom. The second-order valence-electron chi connectivity index (χ2n) is 8.13. The average molecular weight is 413 g/mol. The van der Waals surface area contributed by atoms with Crippen molar-refractivity contribution in [2.75, 3.05) is 6.61 Å². The third-order valence-corrected chi connectivity index (χ3v) is 5.86. The summed E-state index contributed by atoms with van der Waals surface area (Å²) in [7, 11) is 0. The predicted molar refractivity (Wildman–Crippen MR) is 88.2 cm³/mol. The zero-order chi connectivity index (χ0) is 20.3. The monoisotopic (exact) mass is 413 g/mol. The topological polar surface area (TPSA) is 115 Å². The minimum atomic E-state index is -4.63. The molecule has 4 aliphatic carbocycles. The van der Waals surface area contributed by atoms with Gasteiger partial charge in [-0.2, -0.15) is 5.10 Å². The second-order valence-corrected chi connectivity index (χ2v) is 8.13. The Morgan fingerprint density at radius 1 is 1.28 bits per heavy atom. The lowest BCUT2D eigenvalue weighted by Gasteiger charge is -2.68. The summed E-state index contributed by atoms with van der Waals surface area (Å²) in [6.07, 6.45) is -0.230. The molecule has 0 unspecified atom stereocenters. The van der Waals surface area contributed by atoms with Gasteiger partial charge in [-0.25, -0.2) is 0 Å². The van der Waals surface area contributed by atoms with Crippen molar-refractivity contribution in [2.24, 2.45) is 0 Å². The first kappa shape index (κ1) is 18.6. The van der Waals surface area contributed by atoms with Crippen molar-refractivity contribution in [1.29, 1.82) is 0 Å². The van der Waals surface area contributed by atoms with Crippen LogP contribution in [0.5, 0.6) is 0 Å². The van der Waals surface area contributed by atoms with E-state index in [-0.39, 0.29) is 42.4 Å². The van der Waals surface area contributed by atoms with E-state index in [4.69, 9.17) is 9.15 Å². The lowest BCUT2D eigenvalue weighted by Crippen LogP contribution is -2.77. The van der Waals surface area contributed by atoms with Crippen molar-refractivity contribution in [3.8, 4) is 11.5 Å². The predicted octanol–water partition coefficient (Wildman–Crippen LogP) is 1.83. The van der Waals surface area contributed by atoms with Gasteiger partial charge in [0.05, 0.1) is 29.4 Å². The Balaban J connectivity index is 1.05. The van der Waals surface area contributed by atoms with Crippen LogP contribution in [0, 0.1) is 0 Å². The third kappa shape index (κ3) is 3.39. The van der Waals surface area contributed by atoms with Gasteiger partial charge < -0.3 is 14.5 Å². The van der Waals surface area contributed by atoms with E-state index in [1.165, 1.54) is 0 Å². The number of carbonyl (C=O) groups is 1. The van der Waals surface area contributed by atoms with Gasteiger partial charge in [0, 0.05) is 24.6 Å². The van der Waals surface area contributed by atoms with Gasteiger partial charge in [0.25, 0.3) is 5.89 Å². The lowest BCUT2D eigenvalue weighted by molar-refractivity contribution is -0.357. The molecule has 29 heavy (non-hydrogen) atoms. The highest BCUT2D eigenvalue weighted by Gasteiger charge is 2.71. The summed E-state index contributed by atoms with van der Waals surface area (Å²) in [5, 5.41) is 17.7. The molecule has 0 spiro atoms. The van der Waals surface area contributed by atoms with Gasteiger partial charge in [-0.15, -0.1) is 23.4 Å². The molecular weight excluding hydrogens is 395 g/mol. The number of alkyl halides is 3. The smallest absolute Gasteiger partial charge is 0.420 e. The largest absolute Gasteiger partial charge is 0.522 e. The van der Waals surface area contributed by atoms with Crippen molar-refractivity contribution in [1.82, 2.24) is 25.7 Å². The molecule has 2 heterocycles. The molecular formula is C17H18F3N5O4. The lowest BCUT2D eigenvalue weighted by atomic mass is 9.39. The van der Waals surface area contributed by atoms with Gasteiger partial charge in [-0.3, -0.25) is 14.6 Å². The summed E-state index contributed by atoms with van der Waals surface area (Å²) in [4.78, 5) is 12.1. The van der Waals surface area contributed by atoms with E-state index in [2.05, 4.69) is 30.4 Å². The molecule has 2 aromatic heterocycles. The van der Waals surface area contributed by atoms with Crippen molar-refractivity contribution in [2.45, 2.75) is 61.6 Å². The summed E-state index contributed by atoms with van der Waals surface area (Å²) in [5.74, 6) is 0.688. The number of aromatic nitrogens is 4. The van der Waals surface area contributed by atoms with E-state index in [9.17, 15) is 18.0 Å². The molecule has 1 amide bonds. The van der Waals surface area contributed by atoms with Gasteiger partial charge in [0.15, 0.2) is 0 Å². The molecule has 2 aromatic rings. The van der Waals surface area contributed by atoms with Crippen molar-refractivity contribution >= 4 is 5.91 Å². The quantitative estimate of drug-likeness (QED) is 0.712. The maximum absolute atomic E-state index is 12.1. The summed E-state index contributed by atoms with van der Waals surface area (Å²) < 4.78 is 51.3. The van der Waals surface area contributed by atoms with Gasteiger partial charge >= 0.3 is 6.36 Å². The number of nitrogens with zero attached hydrogens (tertiary/aromatic N) is 3. The zero-order valence-electron chi connectivity index (χ0n) is 15.2. The fourth-order valence-electron chi connectivity index (χ4n) is 4.53. The highest BCUT2D eigenvalue weighted by molar-refractivity contribution is 5.79. The number of rotatable bonds is 7. The summed E-state index contributed by atoms with van der Waals surface area (Å²) in [6, 6.07) is 0. The number of aromatic amines is 1. The summed E-state index contributed by atoms with van der Waals surface area (Å²) >= 11 is 0. The number of carbonyl (C=O) groups excluding carboxylic acids is 1. The van der Waals surface area contributed by atoms with Crippen LogP contribution >= 0.6 is 0 Å². The first-order chi connectivity index (χ1) is 13.7. The van der Waals surface area contributed by atoms with E-state index in [1.807, 2.05) is 0 Å². The maximum Gasteiger partial charge on any atom is 0.522 e. The minimum absolute atomic E-state index is 0.136. The van der Waals surface area contributed by atoms with Crippen molar-refractivity contribution < 1.29 is 31.9 Å².